The van der Waals surface area contributed by atoms with Gasteiger partial charge in [-0.2, -0.15) is 4.73 Å². The Hall–Kier alpha value is -3.67. The van der Waals surface area contributed by atoms with Gasteiger partial charge in [0, 0.05) is 6.07 Å². The number of pyridine rings is 1. The molecule has 3 rings (SSSR count). The Bertz CT molecular complexity index is 1340. The Morgan fingerprint density at radius 2 is 1.58 bits per heavy atom. The number of aliphatic hydroxyl groups is 1. The maximum Gasteiger partial charge on any atom is 0.328 e. The second kappa shape index (κ2) is 11.4. The van der Waals surface area contributed by atoms with E-state index in [1.807, 2.05) is 0 Å². The lowest BCUT2D eigenvalue weighted by atomic mass is 9.82. The van der Waals surface area contributed by atoms with Crippen molar-refractivity contribution in [3.8, 4) is 11.5 Å². The van der Waals surface area contributed by atoms with Crippen molar-refractivity contribution in [3.63, 3.8) is 0 Å². The van der Waals surface area contributed by atoms with E-state index in [4.69, 9.17) is 32.7 Å². The molecule has 0 aliphatic rings. The molecule has 1 heterocycles. The largest absolute Gasteiger partial charge is 0.618 e. The molecule has 9 nitrogen and oxygen atoms in total. The van der Waals surface area contributed by atoms with Gasteiger partial charge in [-0.15, -0.1) is 0 Å². The van der Waals surface area contributed by atoms with Gasteiger partial charge in [0.25, 0.3) is 0 Å². The number of esters is 1. The van der Waals surface area contributed by atoms with E-state index < -0.39 is 52.7 Å². The number of benzene rings is 2. The molecular weight excluding hydrogens is 549 g/mol. The van der Waals surface area contributed by atoms with Crippen LogP contribution in [0.1, 0.15) is 35.5 Å². The molecule has 0 saturated carbocycles. The average Bonchev–Trinajstić information content (AvgIpc) is 2.86. The summed E-state index contributed by atoms with van der Waals surface area (Å²) in [5, 5.41) is 35.6. The molecule has 1 aromatic heterocycles. The lowest BCUT2D eigenvalue weighted by Crippen LogP contribution is -2.48. The molecule has 0 unspecified atom stereocenters. The number of aromatic hydroxyl groups is 1. The number of carbonyl (C=O) groups is 2. The second-order valence-corrected chi connectivity index (χ2v) is 9.02. The molecule has 0 spiro atoms. The first-order valence-corrected chi connectivity index (χ1v) is 11.7. The van der Waals surface area contributed by atoms with E-state index in [0.717, 1.165) is 24.4 Å². The van der Waals surface area contributed by atoms with E-state index >= 15 is 0 Å². The van der Waals surface area contributed by atoms with E-state index in [0.29, 0.717) is 0 Å². The van der Waals surface area contributed by atoms with Gasteiger partial charge in [0.2, 0.25) is 5.75 Å². The molecule has 3 N–H and O–H groups in total. The molecule has 38 heavy (non-hydrogen) atoms. The highest BCUT2D eigenvalue weighted by molar-refractivity contribution is 6.31. The molecule has 1 amide bonds. The van der Waals surface area contributed by atoms with Crippen LogP contribution in [0, 0.1) is 16.8 Å². The van der Waals surface area contributed by atoms with Gasteiger partial charge in [0.1, 0.15) is 23.8 Å². The standard InChI is InChI=1S/C25H22Cl2F2N2O7/c1-12(30-23(33)21-22(32)20(37-3)8-9-31(21)36)24(34)38-13(2)25(35,14-4-6-16(26)18(28)10-14)15-5-7-17(27)19(29)11-15/h4-13,32,35H,1-3H3,(H,30,33)/t12-,13-/m0/s1. The van der Waals surface area contributed by atoms with Gasteiger partial charge in [0.15, 0.2) is 17.5 Å². The lowest BCUT2D eigenvalue weighted by molar-refractivity contribution is -0.608. The van der Waals surface area contributed by atoms with Gasteiger partial charge in [0.05, 0.1) is 17.2 Å². The van der Waals surface area contributed by atoms with E-state index in [-0.39, 0.29) is 31.7 Å². The maximum absolute atomic E-state index is 14.3. The van der Waals surface area contributed by atoms with Gasteiger partial charge in [-0.25, -0.2) is 13.6 Å². The first-order chi connectivity index (χ1) is 17.8. The summed E-state index contributed by atoms with van der Waals surface area (Å²) in [6.07, 6.45) is -0.556. The first-order valence-electron chi connectivity index (χ1n) is 10.9. The van der Waals surface area contributed by atoms with Crippen LogP contribution in [-0.2, 0) is 15.1 Å². The van der Waals surface area contributed by atoms with Crippen LogP contribution in [0.2, 0.25) is 10.0 Å². The molecule has 0 aliphatic carbocycles. The summed E-state index contributed by atoms with van der Waals surface area (Å²) in [6, 6.07) is 6.42. The number of aromatic nitrogens is 1. The van der Waals surface area contributed by atoms with Crippen molar-refractivity contribution in [2.24, 2.45) is 0 Å². The molecule has 0 radical (unpaired) electrons. The SMILES string of the molecule is COc1cc[n+]([O-])c(C(=O)N[C@@H](C)C(=O)O[C@@H](C)C(O)(c2ccc(Cl)c(F)c2)c2ccc(Cl)c(F)c2)c1O. The molecule has 202 valence electrons. The number of amides is 1. The number of carbonyl (C=O) groups excluding carboxylic acids is 2. The van der Waals surface area contributed by atoms with Crippen molar-refractivity contribution in [2.45, 2.75) is 31.6 Å². The molecule has 2 aromatic carbocycles. The Kier molecular flexibility index (Phi) is 8.65. The maximum atomic E-state index is 14.3. The van der Waals surface area contributed by atoms with Crippen LogP contribution in [0.5, 0.6) is 11.5 Å². The molecule has 0 bridgehead atoms. The zero-order valence-corrected chi connectivity index (χ0v) is 21.7. The highest BCUT2D eigenvalue weighted by Crippen LogP contribution is 2.37. The topological polar surface area (TPSA) is 132 Å². The van der Waals surface area contributed by atoms with Crippen molar-refractivity contribution < 1.29 is 42.8 Å². The average molecular weight is 571 g/mol. The summed E-state index contributed by atoms with van der Waals surface area (Å²) in [6.45, 7) is 2.49. The number of nitrogens with one attached hydrogen (secondary N) is 1. The zero-order valence-electron chi connectivity index (χ0n) is 20.2. The molecule has 3 aromatic rings. The van der Waals surface area contributed by atoms with E-state index in [9.17, 15) is 33.8 Å². The van der Waals surface area contributed by atoms with Crippen LogP contribution in [0.4, 0.5) is 8.78 Å². The van der Waals surface area contributed by atoms with Crippen molar-refractivity contribution >= 4 is 35.1 Å². The molecule has 13 heteroatoms. The third kappa shape index (κ3) is 5.59. The third-order valence-corrected chi connectivity index (χ3v) is 6.39. The van der Waals surface area contributed by atoms with Crippen molar-refractivity contribution in [3.05, 3.63) is 92.4 Å². The Labute approximate surface area is 225 Å². The quantitative estimate of drug-likeness (QED) is 0.214. The fraction of sp³-hybridized carbons (Fsp3) is 0.240. The van der Waals surface area contributed by atoms with Gasteiger partial charge < -0.3 is 30.2 Å². The number of methoxy groups -OCH3 is 1. The third-order valence-electron chi connectivity index (χ3n) is 5.78. The van der Waals surface area contributed by atoms with Crippen LogP contribution in [0.15, 0.2) is 48.7 Å². The van der Waals surface area contributed by atoms with E-state index in [2.05, 4.69) is 5.32 Å². The van der Waals surface area contributed by atoms with E-state index in [1.54, 1.807) is 0 Å². The van der Waals surface area contributed by atoms with Gasteiger partial charge >= 0.3 is 17.6 Å². The first kappa shape index (κ1) is 28.9. The summed E-state index contributed by atoms with van der Waals surface area (Å²) in [7, 11) is 1.22. The summed E-state index contributed by atoms with van der Waals surface area (Å²) in [5.41, 5.74) is -3.26. The van der Waals surface area contributed by atoms with Crippen LogP contribution >= 0.6 is 23.2 Å². The van der Waals surface area contributed by atoms with Crippen LogP contribution in [-0.4, -0.2) is 41.3 Å². The number of rotatable bonds is 8. The summed E-state index contributed by atoms with van der Waals surface area (Å²) in [4.78, 5) is 25.5. The monoisotopic (exact) mass is 570 g/mol. The molecule has 0 aliphatic heterocycles. The molecule has 0 saturated heterocycles. The summed E-state index contributed by atoms with van der Waals surface area (Å²) in [5.74, 6) is -4.88. The van der Waals surface area contributed by atoms with Crippen molar-refractivity contribution in [2.75, 3.05) is 7.11 Å². The number of nitrogens with zero attached hydrogens (tertiary/aromatic N) is 1. The fourth-order valence-corrected chi connectivity index (χ4v) is 3.91. The fourth-order valence-electron chi connectivity index (χ4n) is 3.67. The highest BCUT2D eigenvalue weighted by atomic mass is 35.5. The molecule has 2 atom stereocenters. The Balaban J connectivity index is 1.90. The Morgan fingerprint density at radius 3 is 2.05 bits per heavy atom. The highest BCUT2D eigenvalue weighted by Gasteiger charge is 2.42. The van der Waals surface area contributed by atoms with Gasteiger partial charge in [-0.1, -0.05) is 35.3 Å². The van der Waals surface area contributed by atoms with E-state index in [1.165, 1.54) is 45.2 Å². The second-order valence-electron chi connectivity index (χ2n) is 8.21. The smallest absolute Gasteiger partial charge is 0.328 e. The van der Waals surface area contributed by atoms with Gasteiger partial charge in [-0.3, -0.25) is 4.79 Å². The van der Waals surface area contributed by atoms with Gasteiger partial charge in [-0.05, 0) is 49.2 Å². The number of hydrogen-bond donors (Lipinski definition) is 3. The lowest BCUT2D eigenvalue weighted by Gasteiger charge is -2.35. The minimum absolute atomic E-state index is 0.0801. The zero-order chi connectivity index (χ0) is 28.4. The molecular formula is C25H22Cl2F2N2O7. The minimum atomic E-state index is -2.29. The predicted octanol–water partition coefficient (Wildman–Crippen LogP) is 3.61. The summed E-state index contributed by atoms with van der Waals surface area (Å²) < 4.78 is 38.9. The Morgan fingerprint density at radius 1 is 1.05 bits per heavy atom. The number of hydrogen-bond acceptors (Lipinski definition) is 7. The normalized spacial score (nSPS) is 12.9. The van der Waals surface area contributed by atoms with Crippen molar-refractivity contribution in [1.82, 2.24) is 5.32 Å². The number of halogens is 4. The van der Waals surface area contributed by atoms with Crippen LogP contribution < -0.4 is 14.8 Å². The number of ether oxygens (including phenoxy) is 2. The minimum Gasteiger partial charge on any atom is -0.618 e. The predicted molar refractivity (Wildman–Crippen MR) is 132 cm³/mol. The van der Waals surface area contributed by atoms with Crippen LogP contribution in [0.25, 0.3) is 0 Å². The van der Waals surface area contributed by atoms with Crippen LogP contribution in [0.3, 0.4) is 0 Å². The summed E-state index contributed by atoms with van der Waals surface area (Å²) >= 11 is 11.5. The van der Waals surface area contributed by atoms with Crippen molar-refractivity contribution in [1.29, 1.82) is 0 Å². The molecule has 0 fully saturated rings.